The van der Waals surface area contributed by atoms with E-state index in [2.05, 4.69) is 23.5 Å². The largest absolute Gasteiger partial charge is 0.490 e. The van der Waals surface area contributed by atoms with E-state index in [0.29, 0.717) is 5.75 Å². The first-order valence-corrected chi connectivity index (χ1v) is 12.0. The van der Waals surface area contributed by atoms with Gasteiger partial charge in [0, 0.05) is 6.54 Å². The number of hydrogen-bond donors (Lipinski definition) is 3. The maximum Gasteiger partial charge on any atom is 0.490 e. The average molecular weight is 509 g/mol. The Morgan fingerprint density at radius 2 is 1.58 bits per heavy atom. The lowest BCUT2D eigenvalue weighted by atomic mass is 10.00. The molecule has 4 rings (SSSR count). The van der Waals surface area contributed by atoms with Gasteiger partial charge < -0.3 is 25.6 Å². The third kappa shape index (κ3) is 8.44. The number of rotatable bonds is 5. The minimum atomic E-state index is -5.08. The number of alkyl halides is 3. The molecule has 1 aliphatic carbocycles. The van der Waals surface area contributed by atoms with Crippen molar-refractivity contribution >= 4 is 12.1 Å². The second-order valence-electron chi connectivity index (χ2n) is 9.03. The third-order valence-corrected chi connectivity index (χ3v) is 6.24. The van der Waals surface area contributed by atoms with Gasteiger partial charge in [0.2, 0.25) is 0 Å². The Morgan fingerprint density at radius 3 is 2.17 bits per heavy atom. The maximum absolute atomic E-state index is 11.0. The number of aliphatic carboxylic acids is 1. The highest BCUT2D eigenvalue weighted by molar-refractivity contribution is 5.73. The van der Waals surface area contributed by atoms with Crippen LogP contribution in [0, 0.1) is 5.92 Å². The molecule has 2 aromatic carbocycles. The van der Waals surface area contributed by atoms with Crippen LogP contribution in [0.3, 0.4) is 0 Å². The first-order valence-electron chi connectivity index (χ1n) is 12.0. The van der Waals surface area contributed by atoms with Crippen LogP contribution >= 0.6 is 0 Å². The molecule has 0 saturated heterocycles. The number of carboxylic acids is 1. The van der Waals surface area contributed by atoms with Gasteiger partial charge in [0.25, 0.3) is 0 Å². The van der Waals surface area contributed by atoms with Crippen molar-refractivity contribution in [3.8, 4) is 17.2 Å². The molecule has 0 unspecified atom stereocenters. The molecule has 2 aliphatic rings. The molecule has 1 amide bonds. The maximum atomic E-state index is 11.0. The fraction of sp³-hybridized carbons (Fsp3) is 0.462. The van der Waals surface area contributed by atoms with Crippen LogP contribution in [-0.4, -0.2) is 29.9 Å². The smallest absolute Gasteiger partial charge is 0.475 e. The topological polar surface area (TPSA) is 111 Å². The fourth-order valence-electron chi connectivity index (χ4n) is 4.44. The molecule has 0 bridgehead atoms. The molecule has 7 nitrogen and oxygen atoms in total. The van der Waals surface area contributed by atoms with E-state index in [9.17, 15) is 18.0 Å². The monoisotopic (exact) mass is 508 g/mol. The molecule has 1 aliphatic heterocycles. The Morgan fingerprint density at radius 1 is 1.00 bits per heavy atom. The van der Waals surface area contributed by atoms with Gasteiger partial charge in [0.05, 0.1) is 0 Å². The number of nitrogens with one attached hydrogen (secondary N) is 1. The molecule has 0 spiro atoms. The molecule has 4 N–H and O–H groups in total. The van der Waals surface area contributed by atoms with Crippen LogP contribution in [0.25, 0.3) is 0 Å². The van der Waals surface area contributed by atoms with E-state index in [1.165, 1.54) is 49.7 Å². The van der Waals surface area contributed by atoms with Crippen LogP contribution in [0.4, 0.5) is 18.0 Å². The molecule has 36 heavy (non-hydrogen) atoms. The number of hydrogen-bond acceptors (Lipinski definition) is 5. The van der Waals surface area contributed by atoms with Crippen molar-refractivity contribution in [3.63, 3.8) is 0 Å². The zero-order valence-electron chi connectivity index (χ0n) is 19.9. The number of carbonyl (C=O) groups excluding carboxylic acids is 1. The summed E-state index contributed by atoms with van der Waals surface area (Å²) >= 11 is 0. The quantitative estimate of drug-likeness (QED) is 0.445. The number of carbonyl (C=O) groups is 2. The van der Waals surface area contributed by atoms with Crippen molar-refractivity contribution in [2.45, 2.75) is 64.1 Å². The Bertz CT molecular complexity index is 1050. The summed E-state index contributed by atoms with van der Waals surface area (Å²) in [5.74, 6) is 0.231. The second-order valence-corrected chi connectivity index (χ2v) is 9.03. The van der Waals surface area contributed by atoms with Crippen LogP contribution in [0.5, 0.6) is 17.2 Å². The Hall–Kier alpha value is -3.27. The van der Waals surface area contributed by atoms with Crippen LogP contribution in [0.1, 0.15) is 55.2 Å². The van der Waals surface area contributed by atoms with Gasteiger partial charge in [-0.3, -0.25) is 0 Å². The molecule has 0 atom stereocenters. The SMILES string of the molecule is NC(=O)Oc1ccc2c(c1)CCc1cc(CNCC3CCCCCC3)ccc1O2.O=C(O)C(F)(F)F. The predicted molar refractivity (Wildman–Crippen MR) is 127 cm³/mol. The summed E-state index contributed by atoms with van der Waals surface area (Å²) in [5, 5.41) is 10.8. The summed E-state index contributed by atoms with van der Waals surface area (Å²) < 4.78 is 42.9. The van der Waals surface area contributed by atoms with Gasteiger partial charge in [0.1, 0.15) is 17.2 Å². The van der Waals surface area contributed by atoms with Crippen molar-refractivity contribution in [3.05, 3.63) is 53.1 Å². The molecule has 196 valence electrons. The first-order chi connectivity index (χ1) is 17.1. The molecule has 1 saturated carbocycles. The van der Waals surface area contributed by atoms with E-state index in [0.717, 1.165) is 48.9 Å². The number of primary amides is 1. The van der Waals surface area contributed by atoms with E-state index in [4.69, 9.17) is 25.1 Å². The van der Waals surface area contributed by atoms with Gasteiger partial charge in [0.15, 0.2) is 0 Å². The Labute approximate surface area is 207 Å². The molecule has 0 radical (unpaired) electrons. The third-order valence-electron chi connectivity index (χ3n) is 6.24. The van der Waals surface area contributed by atoms with E-state index in [-0.39, 0.29) is 0 Å². The highest BCUT2D eigenvalue weighted by Crippen LogP contribution is 2.36. The number of carboxylic acid groups (broad SMARTS) is 1. The molecule has 1 heterocycles. The number of ether oxygens (including phenoxy) is 2. The second kappa shape index (κ2) is 12.6. The summed E-state index contributed by atoms with van der Waals surface area (Å²) in [7, 11) is 0. The number of amides is 1. The van der Waals surface area contributed by atoms with Crippen LogP contribution in [0.2, 0.25) is 0 Å². The minimum Gasteiger partial charge on any atom is -0.475 e. The summed E-state index contributed by atoms with van der Waals surface area (Å²) in [6.45, 7) is 2.01. The molecular weight excluding hydrogens is 477 g/mol. The van der Waals surface area contributed by atoms with Gasteiger partial charge in [-0.25, -0.2) is 9.59 Å². The standard InChI is InChI=1S/C24H30N2O3.C2HF3O2/c25-24(27)28-21-10-12-23-20(14-21)9-8-19-13-18(7-11-22(19)29-23)16-26-15-17-5-3-1-2-4-6-17;3-2(4,5)1(6)7/h7,10-14,17,26H,1-6,8-9,15-16H2,(H2,25,27);(H,6,7). The highest BCUT2D eigenvalue weighted by atomic mass is 19.4. The van der Waals surface area contributed by atoms with Gasteiger partial charge in [-0.15, -0.1) is 0 Å². The number of aryl methyl sites for hydroxylation is 2. The number of nitrogens with two attached hydrogens (primary N) is 1. The average Bonchev–Trinajstić information content (AvgIpc) is 3.17. The van der Waals surface area contributed by atoms with Gasteiger partial charge in [-0.2, -0.15) is 13.2 Å². The van der Waals surface area contributed by atoms with Crippen molar-refractivity contribution in [2.24, 2.45) is 11.7 Å². The lowest BCUT2D eigenvalue weighted by Gasteiger charge is -2.15. The van der Waals surface area contributed by atoms with Crippen molar-refractivity contribution < 1.29 is 37.3 Å². The lowest BCUT2D eigenvalue weighted by Crippen LogP contribution is -2.22. The van der Waals surface area contributed by atoms with Crippen LogP contribution < -0.4 is 20.5 Å². The van der Waals surface area contributed by atoms with E-state index in [1.807, 2.05) is 12.1 Å². The molecule has 1 fully saturated rings. The summed E-state index contributed by atoms with van der Waals surface area (Å²) in [5.41, 5.74) is 8.65. The van der Waals surface area contributed by atoms with E-state index < -0.39 is 18.2 Å². The lowest BCUT2D eigenvalue weighted by molar-refractivity contribution is -0.192. The fourth-order valence-corrected chi connectivity index (χ4v) is 4.44. The first kappa shape index (κ1) is 27.3. The highest BCUT2D eigenvalue weighted by Gasteiger charge is 2.38. The number of benzene rings is 2. The zero-order chi connectivity index (χ0) is 26.1. The molecular formula is C26H31F3N2O5. The molecule has 2 aromatic rings. The number of halogens is 3. The van der Waals surface area contributed by atoms with Gasteiger partial charge in [-0.05, 0) is 79.1 Å². The van der Waals surface area contributed by atoms with E-state index in [1.54, 1.807) is 6.07 Å². The van der Waals surface area contributed by atoms with Gasteiger partial charge in [-0.1, -0.05) is 37.8 Å². The van der Waals surface area contributed by atoms with Crippen LogP contribution in [-0.2, 0) is 24.2 Å². The van der Waals surface area contributed by atoms with Gasteiger partial charge >= 0.3 is 18.2 Å². The van der Waals surface area contributed by atoms with Crippen molar-refractivity contribution in [1.29, 1.82) is 0 Å². The minimum absolute atomic E-state index is 0.453. The molecule has 0 aromatic heterocycles. The summed E-state index contributed by atoms with van der Waals surface area (Å²) in [6.07, 6.45) is 4.14. The normalized spacial score (nSPS) is 15.6. The Kier molecular flexibility index (Phi) is 9.58. The summed E-state index contributed by atoms with van der Waals surface area (Å²) in [6, 6.07) is 11.9. The van der Waals surface area contributed by atoms with E-state index >= 15 is 0 Å². The Balaban J connectivity index is 0.000000454. The summed E-state index contributed by atoms with van der Waals surface area (Å²) in [4.78, 5) is 19.9. The van der Waals surface area contributed by atoms with Crippen LogP contribution in [0.15, 0.2) is 36.4 Å². The van der Waals surface area contributed by atoms with Crippen molar-refractivity contribution in [1.82, 2.24) is 5.32 Å². The molecule has 10 heteroatoms. The van der Waals surface area contributed by atoms with Crippen molar-refractivity contribution in [2.75, 3.05) is 6.54 Å². The number of fused-ring (bicyclic) bond motifs is 2. The predicted octanol–water partition coefficient (Wildman–Crippen LogP) is 5.73. The zero-order valence-corrected chi connectivity index (χ0v) is 19.9.